The third kappa shape index (κ3) is 3.03. The maximum Gasteiger partial charge on any atom is 0.119 e. The van der Waals surface area contributed by atoms with Gasteiger partial charge in [0.2, 0.25) is 0 Å². The molecular weight excluding hydrogens is 274 g/mol. The molecule has 2 aromatic rings. The van der Waals surface area contributed by atoms with Gasteiger partial charge in [-0.15, -0.1) is 6.58 Å². The second-order valence-corrected chi connectivity index (χ2v) is 5.82. The monoisotopic (exact) mass is 299 g/mol. The van der Waals surface area contributed by atoms with Gasteiger partial charge < -0.3 is 15.0 Å². The number of nitrogens with zero attached hydrogens (tertiary/aromatic N) is 1. The molecule has 0 spiro atoms. The summed E-state index contributed by atoms with van der Waals surface area (Å²) >= 11 is 0. The average molecular weight is 299 g/mol. The molecule has 0 radical (unpaired) electrons. The quantitative estimate of drug-likeness (QED) is 0.805. The molecule has 0 aliphatic carbocycles. The number of benzene rings is 1. The third-order valence-electron chi connectivity index (χ3n) is 4.52. The summed E-state index contributed by atoms with van der Waals surface area (Å²) in [6.45, 7) is 8.21. The van der Waals surface area contributed by atoms with E-state index in [0.29, 0.717) is 6.04 Å². The first-order valence-corrected chi connectivity index (χ1v) is 8.04. The highest BCUT2D eigenvalue weighted by molar-refractivity contribution is 5.85. The maximum atomic E-state index is 5.40. The molecule has 4 heteroatoms. The molecule has 1 aromatic carbocycles. The molecular formula is C18H25N3O. The van der Waals surface area contributed by atoms with Crippen LogP contribution in [0.4, 0.5) is 0 Å². The third-order valence-corrected chi connectivity index (χ3v) is 4.52. The number of piperazine rings is 1. The van der Waals surface area contributed by atoms with Crippen LogP contribution in [0.3, 0.4) is 0 Å². The lowest BCUT2D eigenvalue weighted by molar-refractivity contribution is 0.167. The Balaban J connectivity index is 1.96. The van der Waals surface area contributed by atoms with E-state index in [9.17, 15) is 0 Å². The van der Waals surface area contributed by atoms with Crippen molar-refractivity contribution in [1.29, 1.82) is 0 Å². The predicted octanol–water partition coefficient (Wildman–Crippen LogP) is 3.09. The van der Waals surface area contributed by atoms with Gasteiger partial charge in [0.25, 0.3) is 0 Å². The van der Waals surface area contributed by atoms with Crippen LogP contribution in [0.2, 0.25) is 0 Å². The lowest BCUT2D eigenvalue weighted by atomic mass is 9.98. The molecule has 1 aliphatic heterocycles. The Hall–Kier alpha value is -1.78. The van der Waals surface area contributed by atoms with Crippen molar-refractivity contribution in [2.24, 2.45) is 0 Å². The van der Waals surface area contributed by atoms with Crippen molar-refractivity contribution in [3.05, 3.63) is 42.6 Å². The molecule has 1 fully saturated rings. The highest BCUT2D eigenvalue weighted by Crippen LogP contribution is 2.33. The van der Waals surface area contributed by atoms with E-state index >= 15 is 0 Å². The fourth-order valence-corrected chi connectivity index (χ4v) is 3.33. The molecule has 0 unspecified atom stereocenters. The smallest absolute Gasteiger partial charge is 0.119 e. The number of aromatic amines is 1. The number of hydrogen-bond donors (Lipinski definition) is 2. The molecule has 2 heterocycles. The summed E-state index contributed by atoms with van der Waals surface area (Å²) in [6.07, 6.45) is 6.32. The van der Waals surface area contributed by atoms with Crippen molar-refractivity contribution in [3.63, 3.8) is 0 Å². The number of fused-ring (bicyclic) bond motifs is 1. The van der Waals surface area contributed by atoms with Gasteiger partial charge in [-0.2, -0.15) is 0 Å². The van der Waals surface area contributed by atoms with Crippen molar-refractivity contribution >= 4 is 10.9 Å². The summed E-state index contributed by atoms with van der Waals surface area (Å²) < 4.78 is 5.40. The van der Waals surface area contributed by atoms with Crippen LogP contribution in [-0.4, -0.2) is 43.2 Å². The number of rotatable bonds is 6. The van der Waals surface area contributed by atoms with Gasteiger partial charge >= 0.3 is 0 Å². The number of aromatic nitrogens is 1. The van der Waals surface area contributed by atoms with Crippen LogP contribution in [0.5, 0.6) is 5.75 Å². The molecule has 1 atom stereocenters. The van der Waals surface area contributed by atoms with Crippen molar-refractivity contribution in [2.75, 3.05) is 33.3 Å². The van der Waals surface area contributed by atoms with Crippen molar-refractivity contribution in [2.45, 2.75) is 18.9 Å². The summed E-state index contributed by atoms with van der Waals surface area (Å²) in [5, 5.41) is 4.71. The van der Waals surface area contributed by atoms with E-state index in [1.165, 1.54) is 16.5 Å². The van der Waals surface area contributed by atoms with E-state index in [1.807, 2.05) is 12.1 Å². The van der Waals surface area contributed by atoms with Gasteiger partial charge in [0.15, 0.2) is 0 Å². The van der Waals surface area contributed by atoms with Crippen molar-refractivity contribution < 1.29 is 4.74 Å². The average Bonchev–Trinajstić information content (AvgIpc) is 2.99. The van der Waals surface area contributed by atoms with E-state index in [-0.39, 0.29) is 0 Å². The second-order valence-electron chi connectivity index (χ2n) is 5.82. The SMILES string of the molecule is C=CCC[C@H](c1c[nH]c2ccc(OC)cc12)N1CCNCC1. The van der Waals surface area contributed by atoms with Crippen LogP contribution in [0.1, 0.15) is 24.4 Å². The molecule has 3 rings (SSSR count). The Labute approximate surface area is 132 Å². The van der Waals surface area contributed by atoms with Gasteiger partial charge in [0, 0.05) is 49.3 Å². The summed E-state index contributed by atoms with van der Waals surface area (Å²) in [5.74, 6) is 0.913. The van der Waals surface area contributed by atoms with Crippen LogP contribution >= 0.6 is 0 Å². The Morgan fingerprint density at radius 1 is 1.36 bits per heavy atom. The lowest BCUT2D eigenvalue weighted by Crippen LogP contribution is -2.45. The molecule has 1 saturated heterocycles. The zero-order chi connectivity index (χ0) is 15.4. The largest absolute Gasteiger partial charge is 0.497 e. The van der Waals surface area contributed by atoms with E-state index < -0.39 is 0 Å². The molecule has 0 amide bonds. The maximum absolute atomic E-state index is 5.40. The zero-order valence-electron chi connectivity index (χ0n) is 13.3. The normalized spacial score (nSPS) is 17.5. The predicted molar refractivity (Wildman–Crippen MR) is 91.5 cm³/mol. The first-order valence-electron chi connectivity index (χ1n) is 8.04. The van der Waals surface area contributed by atoms with E-state index in [1.54, 1.807) is 7.11 Å². The Morgan fingerprint density at radius 2 is 2.18 bits per heavy atom. The first-order chi connectivity index (χ1) is 10.8. The fourth-order valence-electron chi connectivity index (χ4n) is 3.33. The minimum atomic E-state index is 0.431. The molecule has 2 N–H and O–H groups in total. The molecule has 22 heavy (non-hydrogen) atoms. The van der Waals surface area contributed by atoms with Gasteiger partial charge in [-0.1, -0.05) is 6.08 Å². The molecule has 1 aromatic heterocycles. The highest BCUT2D eigenvalue weighted by Gasteiger charge is 2.24. The molecule has 1 aliphatic rings. The van der Waals surface area contributed by atoms with Crippen LogP contribution in [0, 0.1) is 0 Å². The van der Waals surface area contributed by atoms with Crippen LogP contribution < -0.4 is 10.1 Å². The number of allylic oxidation sites excluding steroid dienone is 1. The van der Waals surface area contributed by atoms with Gasteiger partial charge in [-0.05, 0) is 36.6 Å². The first kappa shape index (κ1) is 15.1. The molecule has 4 nitrogen and oxygen atoms in total. The standard InChI is InChI=1S/C18H25N3O/c1-3-4-5-18(21-10-8-19-9-11-21)16-13-20-17-7-6-14(22-2)12-15(16)17/h3,6-7,12-13,18-20H,1,4-5,8-11H2,2H3/t18-/m1/s1. The number of H-pyrrole nitrogens is 1. The second kappa shape index (κ2) is 6.99. The number of methoxy groups -OCH3 is 1. The number of hydrogen-bond acceptors (Lipinski definition) is 3. The minimum Gasteiger partial charge on any atom is -0.497 e. The lowest BCUT2D eigenvalue weighted by Gasteiger charge is -2.35. The van der Waals surface area contributed by atoms with E-state index in [0.717, 1.165) is 44.8 Å². The van der Waals surface area contributed by atoms with Gasteiger partial charge in [0.05, 0.1) is 7.11 Å². The number of ether oxygens (including phenoxy) is 1. The summed E-state index contributed by atoms with van der Waals surface area (Å²) in [7, 11) is 1.72. The van der Waals surface area contributed by atoms with E-state index in [2.05, 4.69) is 40.1 Å². The van der Waals surface area contributed by atoms with Crippen molar-refractivity contribution in [3.8, 4) is 5.75 Å². The van der Waals surface area contributed by atoms with Gasteiger partial charge in [0.1, 0.15) is 5.75 Å². The van der Waals surface area contributed by atoms with Gasteiger partial charge in [-0.3, -0.25) is 4.90 Å². The van der Waals surface area contributed by atoms with Crippen LogP contribution in [0.15, 0.2) is 37.1 Å². The Bertz CT molecular complexity index is 628. The summed E-state index contributed by atoms with van der Waals surface area (Å²) in [4.78, 5) is 6.00. The zero-order valence-corrected chi connectivity index (χ0v) is 13.3. The van der Waals surface area contributed by atoms with Gasteiger partial charge in [-0.25, -0.2) is 0 Å². The topological polar surface area (TPSA) is 40.3 Å². The van der Waals surface area contributed by atoms with Crippen molar-refractivity contribution in [1.82, 2.24) is 15.2 Å². The fraction of sp³-hybridized carbons (Fsp3) is 0.444. The molecule has 0 saturated carbocycles. The summed E-state index contributed by atoms with van der Waals surface area (Å²) in [6, 6.07) is 6.68. The highest BCUT2D eigenvalue weighted by atomic mass is 16.5. The van der Waals surface area contributed by atoms with E-state index in [4.69, 9.17) is 4.74 Å². The van der Waals surface area contributed by atoms with Crippen LogP contribution in [0.25, 0.3) is 10.9 Å². The Kier molecular flexibility index (Phi) is 4.80. The Morgan fingerprint density at radius 3 is 2.91 bits per heavy atom. The molecule has 118 valence electrons. The number of nitrogens with one attached hydrogen (secondary N) is 2. The summed E-state index contributed by atoms with van der Waals surface area (Å²) in [5.41, 5.74) is 2.55. The minimum absolute atomic E-state index is 0.431. The molecule has 0 bridgehead atoms. The van der Waals surface area contributed by atoms with Crippen LogP contribution in [-0.2, 0) is 0 Å².